The molecule has 0 amide bonds. The second-order valence-electron chi connectivity index (χ2n) is 3.02. The van der Waals surface area contributed by atoms with Gasteiger partial charge in [-0.25, -0.2) is 0 Å². The highest BCUT2D eigenvalue weighted by Crippen LogP contribution is 1.97. The molecule has 0 aromatic heterocycles. The van der Waals surface area contributed by atoms with E-state index in [0.717, 1.165) is 38.2 Å². The molecule has 1 aliphatic rings. The van der Waals surface area contributed by atoms with Crippen molar-refractivity contribution in [3.8, 4) is 0 Å². The molecule has 0 unspecified atom stereocenters. The number of allylic oxidation sites excluding steroid dienone is 3. The SMILES string of the molecule is C/C(C=O)=C\C=C\N1CCOCC1. The lowest BCUT2D eigenvalue weighted by atomic mass is 10.3. The van der Waals surface area contributed by atoms with Gasteiger partial charge in [0.15, 0.2) is 0 Å². The average Bonchev–Trinajstić information content (AvgIpc) is 2.19. The standard InChI is InChI=1S/C10H15NO2/c1-10(9-12)3-2-4-11-5-7-13-8-6-11/h2-4,9H,5-8H2,1H3/b4-2+,10-3+. The number of carbonyl (C=O) groups excluding carboxylic acids is 1. The molecule has 0 saturated carbocycles. The fraction of sp³-hybridized carbons (Fsp3) is 0.500. The molecule has 0 bridgehead atoms. The highest BCUT2D eigenvalue weighted by molar-refractivity contribution is 5.72. The first-order valence-electron chi connectivity index (χ1n) is 4.45. The van der Waals surface area contributed by atoms with Crippen molar-refractivity contribution in [1.82, 2.24) is 4.90 Å². The molecule has 1 rings (SSSR count). The highest BCUT2D eigenvalue weighted by atomic mass is 16.5. The van der Waals surface area contributed by atoms with Crippen LogP contribution in [0.3, 0.4) is 0 Å². The maximum absolute atomic E-state index is 10.3. The maximum atomic E-state index is 10.3. The smallest absolute Gasteiger partial charge is 0.145 e. The Bertz CT molecular complexity index is 215. The van der Waals surface area contributed by atoms with E-state index in [0.29, 0.717) is 0 Å². The van der Waals surface area contributed by atoms with Crippen LogP contribution >= 0.6 is 0 Å². The Morgan fingerprint density at radius 2 is 2.08 bits per heavy atom. The van der Waals surface area contributed by atoms with Crippen LogP contribution in [0.1, 0.15) is 6.92 Å². The number of aldehydes is 1. The van der Waals surface area contributed by atoms with Gasteiger partial charge in [-0.05, 0) is 24.8 Å². The van der Waals surface area contributed by atoms with Crippen LogP contribution in [0.5, 0.6) is 0 Å². The third-order valence-corrected chi connectivity index (χ3v) is 1.89. The van der Waals surface area contributed by atoms with E-state index in [9.17, 15) is 4.79 Å². The normalized spacial score (nSPS) is 19.5. The Labute approximate surface area is 78.7 Å². The molecule has 0 radical (unpaired) electrons. The summed E-state index contributed by atoms with van der Waals surface area (Å²) in [7, 11) is 0. The van der Waals surface area contributed by atoms with E-state index >= 15 is 0 Å². The largest absolute Gasteiger partial charge is 0.378 e. The number of ether oxygens (including phenoxy) is 1. The summed E-state index contributed by atoms with van der Waals surface area (Å²) in [5.74, 6) is 0. The Hall–Kier alpha value is -1.09. The van der Waals surface area contributed by atoms with E-state index < -0.39 is 0 Å². The van der Waals surface area contributed by atoms with Crippen LogP contribution in [0.25, 0.3) is 0 Å². The lowest BCUT2D eigenvalue weighted by Crippen LogP contribution is -2.31. The highest BCUT2D eigenvalue weighted by Gasteiger charge is 2.03. The summed E-state index contributed by atoms with van der Waals surface area (Å²) < 4.78 is 5.20. The lowest BCUT2D eigenvalue weighted by molar-refractivity contribution is -0.104. The quantitative estimate of drug-likeness (QED) is 0.369. The zero-order valence-electron chi connectivity index (χ0n) is 7.90. The van der Waals surface area contributed by atoms with Crippen LogP contribution in [0.4, 0.5) is 0 Å². The van der Waals surface area contributed by atoms with E-state index in [-0.39, 0.29) is 0 Å². The fourth-order valence-electron chi connectivity index (χ4n) is 1.08. The van der Waals surface area contributed by atoms with Crippen molar-refractivity contribution in [2.24, 2.45) is 0 Å². The summed E-state index contributed by atoms with van der Waals surface area (Å²) in [6, 6.07) is 0. The minimum Gasteiger partial charge on any atom is -0.378 e. The number of hydrogen-bond donors (Lipinski definition) is 0. The Morgan fingerprint density at radius 3 is 2.69 bits per heavy atom. The Kier molecular flexibility index (Phi) is 4.26. The molecule has 0 spiro atoms. The van der Waals surface area contributed by atoms with Gasteiger partial charge in [0, 0.05) is 13.1 Å². The van der Waals surface area contributed by atoms with Gasteiger partial charge >= 0.3 is 0 Å². The lowest BCUT2D eigenvalue weighted by Gasteiger charge is -2.24. The fourth-order valence-corrected chi connectivity index (χ4v) is 1.08. The predicted molar refractivity (Wildman–Crippen MR) is 51.4 cm³/mol. The molecule has 3 heteroatoms. The number of morpholine rings is 1. The van der Waals surface area contributed by atoms with Crippen LogP contribution in [-0.2, 0) is 9.53 Å². The third-order valence-electron chi connectivity index (χ3n) is 1.89. The molecule has 1 aliphatic heterocycles. The third kappa shape index (κ3) is 3.90. The van der Waals surface area contributed by atoms with Crippen LogP contribution in [0.15, 0.2) is 23.9 Å². The Balaban J connectivity index is 2.33. The Morgan fingerprint density at radius 1 is 1.38 bits per heavy atom. The molecule has 72 valence electrons. The molecule has 1 saturated heterocycles. The summed E-state index contributed by atoms with van der Waals surface area (Å²) in [5, 5.41) is 0. The summed E-state index contributed by atoms with van der Waals surface area (Å²) in [6.45, 7) is 5.24. The topological polar surface area (TPSA) is 29.5 Å². The molecule has 1 heterocycles. The number of rotatable bonds is 3. The molecular formula is C10H15NO2. The summed E-state index contributed by atoms with van der Waals surface area (Å²) >= 11 is 0. The second kappa shape index (κ2) is 5.54. The number of nitrogens with zero attached hydrogens (tertiary/aromatic N) is 1. The molecule has 1 fully saturated rings. The minimum atomic E-state index is 0.740. The first-order valence-corrected chi connectivity index (χ1v) is 4.45. The minimum absolute atomic E-state index is 0.740. The predicted octanol–water partition coefficient (Wildman–Crippen LogP) is 0.978. The van der Waals surface area contributed by atoms with Gasteiger partial charge in [-0.3, -0.25) is 4.79 Å². The first-order chi connectivity index (χ1) is 6.33. The average molecular weight is 181 g/mol. The molecule has 0 atom stereocenters. The number of carbonyl (C=O) groups is 1. The monoisotopic (exact) mass is 181 g/mol. The van der Waals surface area contributed by atoms with Gasteiger partial charge in [0.25, 0.3) is 0 Å². The van der Waals surface area contributed by atoms with Gasteiger partial charge in [-0.2, -0.15) is 0 Å². The van der Waals surface area contributed by atoms with Crippen LogP contribution in [0, 0.1) is 0 Å². The first kappa shape index (κ1) is 9.99. The van der Waals surface area contributed by atoms with Gasteiger partial charge in [-0.1, -0.05) is 6.08 Å². The summed E-state index contributed by atoms with van der Waals surface area (Å²) in [4.78, 5) is 12.4. The van der Waals surface area contributed by atoms with E-state index in [2.05, 4.69) is 4.90 Å². The second-order valence-corrected chi connectivity index (χ2v) is 3.02. The van der Waals surface area contributed by atoms with Crippen molar-refractivity contribution in [2.45, 2.75) is 6.92 Å². The molecule has 0 N–H and O–H groups in total. The maximum Gasteiger partial charge on any atom is 0.145 e. The molecule has 0 aromatic carbocycles. The van der Waals surface area contributed by atoms with Crippen LogP contribution in [0.2, 0.25) is 0 Å². The van der Waals surface area contributed by atoms with Crippen LogP contribution < -0.4 is 0 Å². The summed E-state index contributed by atoms with van der Waals surface area (Å²) in [6.07, 6.45) is 6.55. The van der Waals surface area contributed by atoms with Crippen molar-refractivity contribution < 1.29 is 9.53 Å². The van der Waals surface area contributed by atoms with Gasteiger partial charge in [0.1, 0.15) is 6.29 Å². The van der Waals surface area contributed by atoms with Gasteiger partial charge in [-0.15, -0.1) is 0 Å². The van der Waals surface area contributed by atoms with Crippen molar-refractivity contribution in [3.05, 3.63) is 23.9 Å². The van der Waals surface area contributed by atoms with Gasteiger partial charge in [0.05, 0.1) is 13.2 Å². The molecule has 0 aromatic rings. The molecule has 3 nitrogen and oxygen atoms in total. The van der Waals surface area contributed by atoms with Crippen molar-refractivity contribution in [2.75, 3.05) is 26.3 Å². The molecular weight excluding hydrogens is 166 g/mol. The van der Waals surface area contributed by atoms with Crippen molar-refractivity contribution in [3.63, 3.8) is 0 Å². The van der Waals surface area contributed by atoms with E-state index in [4.69, 9.17) is 4.74 Å². The van der Waals surface area contributed by atoms with Crippen LogP contribution in [-0.4, -0.2) is 37.5 Å². The zero-order chi connectivity index (χ0) is 9.52. The van der Waals surface area contributed by atoms with E-state index in [1.54, 1.807) is 6.92 Å². The number of hydrogen-bond acceptors (Lipinski definition) is 3. The zero-order valence-corrected chi connectivity index (χ0v) is 7.90. The summed E-state index contributed by atoms with van der Waals surface area (Å²) in [5.41, 5.74) is 0.740. The van der Waals surface area contributed by atoms with E-state index in [1.165, 1.54) is 0 Å². The van der Waals surface area contributed by atoms with Crippen molar-refractivity contribution >= 4 is 6.29 Å². The van der Waals surface area contributed by atoms with Gasteiger partial charge < -0.3 is 9.64 Å². The molecule has 0 aliphatic carbocycles. The van der Waals surface area contributed by atoms with Gasteiger partial charge in [0.2, 0.25) is 0 Å². The molecule has 13 heavy (non-hydrogen) atoms. The van der Waals surface area contributed by atoms with Crippen molar-refractivity contribution in [1.29, 1.82) is 0 Å². The van der Waals surface area contributed by atoms with E-state index in [1.807, 2.05) is 18.4 Å².